The minimum Gasteiger partial charge on any atom is -0.872 e. The highest BCUT2D eigenvalue weighted by Crippen LogP contribution is 2.42. The molecule has 0 heterocycles. The maximum absolute atomic E-state index is 14.3. The summed E-state index contributed by atoms with van der Waals surface area (Å²) >= 11 is 3.71. The Kier molecular flexibility index (Phi) is 32.8. The SMILES string of the molecule is C.C.CC.CC.CC.CC.CCSC.CCSC.Cc1cc2c(O)c(c1)Cc1cc(-c3ccccc3)cc(c1OS(=O)(=O)c1ccccc1)Cc1cc(C)cc(c1O)Cc1cc(-c3ccccc3)cc(c1[O-])C2. The predicted molar refractivity (Wildman–Crippen MR) is 321 cm³/mol. The van der Waals surface area contributed by atoms with Crippen LogP contribution in [0.15, 0.2) is 144 Å². The molecule has 0 spiro atoms. The van der Waals surface area contributed by atoms with Crippen LogP contribution >= 0.6 is 23.5 Å². The topological polar surface area (TPSA) is 107 Å². The predicted octanol–water partition coefficient (Wildman–Crippen LogP) is 17.7. The Labute approximate surface area is 451 Å². The van der Waals surface area contributed by atoms with Crippen LogP contribution in [-0.4, -0.2) is 42.6 Å². The van der Waals surface area contributed by atoms with Crippen molar-refractivity contribution in [2.24, 2.45) is 0 Å². The van der Waals surface area contributed by atoms with Gasteiger partial charge in [0.05, 0.1) is 0 Å². The largest absolute Gasteiger partial charge is 0.872 e. The lowest BCUT2D eigenvalue weighted by Gasteiger charge is -2.24. The van der Waals surface area contributed by atoms with Crippen molar-refractivity contribution in [3.8, 4) is 45.3 Å². The number of hydrogen-bond donors (Lipinski definition) is 2. The van der Waals surface area contributed by atoms with Crippen LogP contribution in [0.4, 0.5) is 0 Å². The average Bonchev–Trinajstić information content (AvgIpc) is 3.41. The molecule has 0 amide bonds. The molecule has 398 valence electrons. The number of phenols is 2. The van der Waals surface area contributed by atoms with Gasteiger partial charge >= 0.3 is 10.1 Å². The molecule has 0 fully saturated rings. The fourth-order valence-electron chi connectivity index (χ4n) is 7.71. The maximum Gasteiger partial charge on any atom is 0.339 e. The smallest absolute Gasteiger partial charge is 0.339 e. The molecule has 7 aromatic rings. The van der Waals surface area contributed by atoms with E-state index in [1.807, 2.05) is 202 Å². The van der Waals surface area contributed by atoms with Crippen molar-refractivity contribution in [2.75, 3.05) is 24.0 Å². The van der Waals surface area contributed by atoms with Crippen molar-refractivity contribution in [1.29, 1.82) is 0 Å². The molecule has 9 heteroatoms. The summed E-state index contributed by atoms with van der Waals surface area (Å²) in [5.41, 5.74) is 9.74. The summed E-state index contributed by atoms with van der Waals surface area (Å²) in [6, 6.07) is 42.8. The monoisotopic (exact) mass is 1050 g/mol. The quantitative estimate of drug-likeness (QED) is 0.152. The van der Waals surface area contributed by atoms with Crippen molar-refractivity contribution < 1.29 is 27.9 Å². The fourth-order valence-corrected chi connectivity index (χ4v) is 8.73. The highest BCUT2D eigenvalue weighted by Gasteiger charge is 2.25. The number of thioether (sulfide) groups is 2. The summed E-state index contributed by atoms with van der Waals surface area (Å²) in [5, 5.41) is 38.3. The van der Waals surface area contributed by atoms with Crippen LogP contribution in [0.5, 0.6) is 23.0 Å². The van der Waals surface area contributed by atoms with E-state index in [9.17, 15) is 23.7 Å². The van der Waals surface area contributed by atoms with Crippen LogP contribution in [0, 0.1) is 13.8 Å². The maximum atomic E-state index is 14.3. The number of hydrogen-bond acceptors (Lipinski definition) is 8. The van der Waals surface area contributed by atoms with Gasteiger partial charge in [-0.25, -0.2) is 0 Å². The van der Waals surface area contributed by atoms with Gasteiger partial charge in [0.1, 0.15) is 22.1 Å². The van der Waals surface area contributed by atoms with Gasteiger partial charge in [0.15, 0.2) is 0 Å². The third-order valence-corrected chi connectivity index (χ3v) is 13.2. The first-order chi connectivity index (χ1) is 34.3. The Balaban J connectivity index is 0.00000258. The normalized spacial score (nSPS) is 10.7. The van der Waals surface area contributed by atoms with Gasteiger partial charge in [0, 0.05) is 36.8 Å². The third kappa shape index (κ3) is 19.3. The molecule has 0 radical (unpaired) electrons. The Morgan fingerprint density at radius 2 is 0.740 bits per heavy atom. The van der Waals surface area contributed by atoms with Gasteiger partial charge < -0.3 is 19.5 Å². The van der Waals surface area contributed by atoms with Crippen LogP contribution < -0.4 is 9.29 Å². The van der Waals surface area contributed by atoms with Crippen LogP contribution in [0.25, 0.3) is 22.3 Å². The van der Waals surface area contributed by atoms with Crippen molar-refractivity contribution in [1.82, 2.24) is 0 Å². The van der Waals surface area contributed by atoms with E-state index in [-0.39, 0.29) is 68.4 Å². The zero-order chi connectivity index (χ0) is 53.1. The molecule has 7 aromatic carbocycles. The second kappa shape index (κ2) is 35.5. The first kappa shape index (κ1) is 67.4. The zero-order valence-corrected chi connectivity index (χ0v) is 47.2. The van der Waals surface area contributed by atoms with E-state index < -0.39 is 10.1 Å². The molecule has 1 aliphatic carbocycles. The summed E-state index contributed by atoms with van der Waals surface area (Å²) in [6.07, 6.45) is 4.77. The van der Waals surface area contributed by atoms with Crippen LogP contribution in [0.2, 0.25) is 0 Å². The highest BCUT2D eigenvalue weighted by molar-refractivity contribution is 7.98. The highest BCUT2D eigenvalue weighted by atomic mass is 32.2. The lowest BCUT2D eigenvalue weighted by molar-refractivity contribution is -0.270. The fraction of sp³-hybridized carbons (Fsp3) is 0.344. The molecule has 0 saturated heterocycles. The lowest BCUT2D eigenvalue weighted by Crippen LogP contribution is -2.13. The first-order valence-corrected chi connectivity index (χ1v) is 29.2. The average molecular weight is 1050 g/mol. The van der Waals surface area contributed by atoms with Crippen LogP contribution in [0.3, 0.4) is 0 Å². The molecular formula is C64H87O6S3-. The molecule has 8 rings (SSSR count). The van der Waals surface area contributed by atoms with Crippen molar-refractivity contribution in [3.05, 3.63) is 195 Å². The van der Waals surface area contributed by atoms with Crippen molar-refractivity contribution in [2.45, 2.75) is 129 Å². The second-order valence-electron chi connectivity index (χ2n) is 15.6. The first-order valence-electron chi connectivity index (χ1n) is 25.0. The van der Waals surface area contributed by atoms with E-state index in [1.54, 1.807) is 18.2 Å². The lowest BCUT2D eigenvalue weighted by atomic mass is 9.87. The molecule has 8 bridgehead atoms. The summed E-state index contributed by atoms with van der Waals surface area (Å²) in [6.45, 7) is 24.2. The number of phenolic OH excluding ortho intramolecular Hbond substituents is 2. The van der Waals surface area contributed by atoms with Gasteiger partial charge in [-0.1, -0.05) is 222 Å². The van der Waals surface area contributed by atoms with Gasteiger partial charge in [-0.2, -0.15) is 31.9 Å². The standard InChI is InChI=1S/C48H40O6S.2C3H8S.4C2H6.2CH4/c1-30-18-36-26-40-22-34(32-12-6-3-7-13-32)23-41(47(40)51)27-37-19-31(2)21-39(46(37)50)29-43-25-35(33-14-8-4-9-15-33)24-42(28-38(20-30)45(36)49)48(43)54-55(52,53)44-16-10-5-11-17-44;2*1-3-4-2;4*1-2;;/h3-25,49-51H,26-29H2,1-2H3;2*3H2,1-2H3;4*1-2H3;2*1H4/p-1. The minimum absolute atomic E-state index is 0. The van der Waals surface area contributed by atoms with Gasteiger partial charge in [-0.3, -0.25) is 0 Å². The molecule has 0 unspecified atom stereocenters. The number of benzene rings is 7. The summed E-state index contributed by atoms with van der Waals surface area (Å²) in [5.74, 6) is 2.54. The van der Waals surface area contributed by atoms with E-state index in [1.165, 1.54) is 23.6 Å². The molecule has 1 aliphatic rings. The Morgan fingerprint density at radius 1 is 0.466 bits per heavy atom. The van der Waals surface area contributed by atoms with Crippen LogP contribution in [-0.2, 0) is 35.8 Å². The molecule has 0 aromatic heterocycles. The Bertz CT molecular complexity index is 2640. The van der Waals surface area contributed by atoms with E-state index in [0.29, 0.717) is 44.5 Å². The van der Waals surface area contributed by atoms with Gasteiger partial charge in [0.25, 0.3) is 0 Å². The molecule has 6 nitrogen and oxygen atoms in total. The Hall–Kier alpha value is -5.61. The molecular weight excluding hydrogens is 961 g/mol. The van der Waals surface area contributed by atoms with Crippen molar-refractivity contribution in [3.63, 3.8) is 0 Å². The number of rotatable bonds is 7. The van der Waals surface area contributed by atoms with E-state index in [2.05, 4.69) is 26.4 Å². The number of aromatic hydroxyl groups is 2. The van der Waals surface area contributed by atoms with Gasteiger partial charge in [-0.05, 0) is 107 Å². The Morgan fingerprint density at radius 3 is 1.04 bits per heavy atom. The zero-order valence-electron chi connectivity index (χ0n) is 44.8. The minimum atomic E-state index is -4.30. The molecule has 0 atom stereocenters. The van der Waals surface area contributed by atoms with E-state index in [4.69, 9.17) is 4.18 Å². The molecule has 0 aliphatic heterocycles. The summed E-state index contributed by atoms with van der Waals surface area (Å²) in [4.78, 5) is 0.00647. The van der Waals surface area contributed by atoms with Gasteiger partial charge in [0.2, 0.25) is 0 Å². The van der Waals surface area contributed by atoms with E-state index >= 15 is 0 Å². The molecule has 73 heavy (non-hydrogen) atoms. The summed E-state index contributed by atoms with van der Waals surface area (Å²) in [7, 11) is -4.30. The second-order valence-corrected chi connectivity index (χ2v) is 19.4. The van der Waals surface area contributed by atoms with Gasteiger partial charge in [-0.15, -0.1) is 5.75 Å². The number of fused-ring (bicyclic) bond motifs is 8. The van der Waals surface area contributed by atoms with E-state index in [0.717, 1.165) is 33.4 Å². The third-order valence-electron chi connectivity index (χ3n) is 10.8. The molecule has 2 N–H and O–H groups in total. The van der Waals surface area contributed by atoms with Crippen LogP contribution in [0.1, 0.15) is 140 Å². The van der Waals surface area contributed by atoms with Crippen molar-refractivity contribution >= 4 is 33.6 Å². The summed E-state index contributed by atoms with van der Waals surface area (Å²) < 4.78 is 34.1. The molecule has 0 saturated carbocycles. The number of aryl methyl sites for hydroxylation is 2.